The minimum absolute atomic E-state index is 0.0516. The summed E-state index contributed by atoms with van der Waals surface area (Å²) in [5.41, 5.74) is 7.94. The maximum absolute atomic E-state index is 12.3. The minimum Gasteiger partial charge on any atom is -0.399 e. The highest BCUT2D eigenvalue weighted by atomic mass is 16.2. The van der Waals surface area contributed by atoms with Gasteiger partial charge in [0.2, 0.25) is 0 Å². The van der Waals surface area contributed by atoms with Gasteiger partial charge < -0.3 is 10.6 Å². The first-order valence-electron chi connectivity index (χ1n) is 6.22. The number of rotatable bonds is 4. The second-order valence-electron chi connectivity index (χ2n) is 4.74. The van der Waals surface area contributed by atoms with Gasteiger partial charge in [0, 0.05) is 24.5 Å². The van der Waals surface area contributed by atoms with Gasteiger partial charge in [0.25, 0.3) is 5.91 Å². The van der Waals surface area contributed by atoms with Crippen molar-refractivity contribution in [2.24, 2.45) is 0 Å². The third-order valence-electron chi connectivity index (χ3n) is 2.95. The fourth-order valence-corrected chi connectivity index (χ4v) is 1.84. The van der Waals surface area contributed by atoms with Gasteiger partial charge in [-0.25, -0.2) is 0 Å². The minimum atomic E-state index is -0.0516. The van der Waals surface area contributed by atoms with Crippen molar-refractivity contribution in [2.75, 3.05) is 5.73 Å². The van der Waals surface area contributed by atoms with Crippen molar-refractivity contribution in [2.45, 2.75) is 26.4 Å². The van der Waals surface area contributed by atoms with E-state index < -0.39 is 0 Å². The highest BCUT2D eigenvalue weighted by Gasteiger charge is 2.19. The molecule has 0 aliphatic carbocycles. The lowest BCUT2D eigenvalue weighted by atomic mass is 10.1. The van der Waals surface area contributed by atoms with Crippen molar-refractivity contribution >= 4 is 11.6 Å². The van der Waals surface area contributed by atoms with Gasteiger partial charge in [-0.2, -0.15) is 5.10 Å². The molecule has 19 heavy (non-hydrogen) atoms. The van der Waals surface area contributed by atoms with Crippen molar-refractivity contribution in [3.05, 3.63) is 47.8 Å². The number of hydrogen-bond acceptors (Lipinski definition) is 3. The molecule has 2 rings (SSSR count). The summed E-state index contributed by atoms with van der Waals surface area (Å²) in [7, 11) is 0. The summed E-state index contributed by atoms with van der Waals surface area (Å²) in [4.78, 5) is 14.1. The van der Waals surface area contributed by atoms with Gasteiger partial charge in [-0.15, -0.1) is 0 Å². The van der Waals surface area contributed by atoms with E-state index in [0.29, 0.717) is 12.2 Å². The van der Waals surface area contributed by atoms with E-state index in [1.165, 1.54) is 0 Å². The van der Waals surface area contributed by atoms with E-state index in [-0.39, 0.29) is 11.9 Å². The fraction of sp³-hybridized carbons (Fsp3) is 0.286. The number of anilines is 1. The van der Waals surface area contributed by atoms with E-state index in [9.17, 15) is 4.79 Å². The Morgan fingerprint density at radius 1 is 1.32 bits per heavy atom. The lowest BCUT2D eigenvalue weighted by molar-refractivity contribution is 0.0684. The molecule has 5 heteroatoms. The molecule has 1 aromatic heterocycles. The van der Waals surface area contributed by atoms with Crippen LogP contribution in [0.15, 0.2) is 36.5 Å². The topological polar surface area (TPSA) is 75.0 Å². The first kappa shape index (κ1) is 13.1. The molecular formula is C14H18N4O. The Morgan fingerprint density at radius 2 is 2.00 bits per heavy atom. The molecule has 0 fully saturated rings. The molecule has 0 bridgehead atoms. The summed E-state index contributed by atoms with van der Waals surface area (Å²) in [5, 5.41) is 6.52. The molecular weight excluding hydrogens is 240 g/mol. The number of nitrogens with one attached hydrogen (secondary N) is 1. The van der Waals surface area contributed by atoms with Crippen LogP contribution >= 0.6 is 0 Å². The molecule has 1 aromatic carbocycles. The van der Waals surface area contributed by atoms with E-state index in [2.05, 4.69) is 10.2 Å². The Hall–Kier alpha value is -2.30. The fourth-order valence-electron chi connectivity index (χ4n) is 1.84. The average Bonchev–Trinajstić information content (AvgIpc) is 2.91. The molecule has 3 N–H and O–H groups in total. The maximum atomic E-state index is 12.3. The molecule has 0 saturated heterocycles. The maximum Gasteiger partial charge on any atom is 0.272 e. The Kier molecular flexibility index (Phi) is 3.85. The Bertz CT molecular complexity index is 531. The average molecular weight is 258 g/mol. The summed E-state index contributed by atoms with van der Waals surface area (Å²) in [5.74, 6) is -0.0516. The third-order valence-corrected chi connectivity index (χ3v) is 2.95. The van der Waals surface area contributed by atoms with Crippen LogP contribution in [0, 0.1) is 0 Å². The SMILES string of the molecule is CC(C)N(Cc1ccc(N)cc1)C(=O)c1ccn[nH]1. The monoisotopic (exact) mass is 258 g/mol. The van der Waals surface area contributed by atoms with Crippen LogP contribution in [0.3, 0.4) is 0 Å². The number of H-pyrrole nitrogens is 1. The van der Waals surface area contributed by atoms with Gasteiger partial charge in [-0.05, 0) is 37.6 Å². The number of aromatic amines is 1. The predicted molar refractivity (Wildman–Crippen MR) is 74.5 cm³/mol. The van der Waals surface area contributed by atoms with Gasteiger partial charge in [0.05, 0.1) is 0 Å². The number of carbonyl (C=O) groups excluding carboxylic acids is 1. The number of nitrogen functional groups attached to an aromatic ring is 1. The number of nitrogens with two attached hydrogens (primary N) is 1. The second kappa shape index (κ2) is 5.56. The summed E-state index contributed by atoms with van der Waals surface area (Å²) >= 11 is 0. The Morgan fingerprint density at radius 3 is 2.53 bits per heavy atom. The quantitative estimate of drug-likeness (QED) is 0.824. The number of nitrogens with zero attached hydrogens (tertiary/aromatic N) is 2. The lowest BCUT2D eigenvalue weighted by Gasteiger charge is -2.26. The van der Waals surface area contributed by atoms with Gasteiger partial charge in [0.1, 0.15) is 5.69 Å². The van der Waals surface area contributed by atoms with E-state index in [1.54, 1.807) is 17.2 Å². The van der Waals surface area contributed by atoms with Crippen molar-refractivity contribution in [1.82, 2.24) is 15.1 Å². The standard InChI is InChI=1S/C14H18N4O/c1-10(2)18(14(19)13-7-8-16-17-13)9-11-3-5-12(15)6-4-11/h3-8,10H,9,15H2,1-2H3,(H,16,17). The van der Waals surface area contributed by atoms with Gasteiger partial charge in [-0.3, -0.25) is 9.89 Å². The molecule has 0 unspecified atom stereocenters. The molecule has 1 amide bonds. The summed E-state index contributed by atoms with van der Waals surface area (Å²) in [6, 6.07) is 9.34. The van der Waals surface area contributed by atoms with Crippen molar-refractivity contribution in [3.8, 4) is 0 Å². The Labute approximate surface area is 112 Å². The summed E-state index contributed by atoms with van der Waals surface area (Å²) in [6.07, 6.45) is 1.58. The highest BCUT2D eigenvalue weighted by molar-refractivity contribution is 5.92. The normalized spacial score (nSPS) is 10.7. The molecule has 0 saturated carbocycles. The van der Waals surface area contributed by atoms with Crippen LogP contribution in [0.25, 0.3) is 0 Å². The lowest BCUT2D eigenvalue weighted by Crippen LogP contribution is -2.36. The van der Waals surface area contributed by atoms with Crippen LogP contribution in [0.1, 0.15) is 29.9 Å². The van der Waals surface area contributed by atoms with Crippen LogP contribution < -0.4 is 5.73 Å². The van der Waals surface area contributed by atoms with Crippen molar-refractivity contribution < 1.29 is 4.79 Å². The zero-order chi connectivity index (χ0) is 13.8. The zero-order valence-electron chi connectivity index (χ0n) is 11.1. The molecule has 0 aliphatic heterocycles. The van der Waals surface area contributed by atoms with E-state index in [4.69, 9.17) is 5.73 Å². The van der Waals surface area contributed by atoms with Crippen molar-refractivity contribution in [3.63, 3.8) is 0 Å². The summed E-state index contributed by atoms with van der Waals surface area (Å²) in [6.45, 7) is 4.53. The van der Waals surface area contributed by atoms with E-state index in [1.807, 2.05) is 38.1 Å². The Balaban J connectivity index is 2.17. The molecule has 1 heterocycles. The van der Waals surface area contributed by atoms with Crippen LogP contribution in [-0.2, 0) is 6.54 Å². The molecule has 0 spiro atoms. The second-order valence-corrected chi connectivity index (χ2v) is 4.74. The number of amides is 1. The van der Waals surface area contributed by atoms with E-state index >= 15 is 0 Å². The molecule has 5 nitrogen and oxygen atoms in total. The van der Waals surface area contributed by atoms with Gasteiger partial charge >= 0.3 is 0 Å². The number of hydrogen-bond donors (Lipinski definition) is 2. The molecule has 0 radical (unpaired) electrons. The number of carbonyl (C=O) groups is 1. The summed E-state index contributed by atoms with van der Waals surface area (Å²) < 4.78 is 0. The molecule has 100 valence electrons. The van der Waals surface area contributed by atoms with Gasteiger partial charge in [-0.1, -0.05) is 12.1 Å². The smallest absolute Gasteiger partial charge is 0.272 e. The van der Waals surface area contributed by atoms with Crippen LogP contribution in [-0.4, -0.2) is 27.0 Å². The third kappa shape index (κ3) is 3.13. The molecule has 2 aromatic rings. The predicted octanol–water partition coefficient (Wildman–Crippen LogP) is 2.04. The van der Waals surface area contributed by atoms with Crippen LogP contribution in [0.2, 0.25) is 0 Å². The van der Waals surface area contributed by atoms with Crippen LogP contribution in [0.4, 0.5) is 5.69 Å². The van der Waals surface area contributed by atoms with Crippen molar-refractivity contribution in [1.29, 1.82) is 0 Å². The number of aromatic nitrogens is 2. The van der Waals surface area contributed by atoms with E-state index in [0.717, 1.165) is 11.3 Å². The largest absolute Gasteiger partial charge is 0.399 e. The number of benzene rings is 1. The molecule has 0 atom stereocenters. The first-order valence-corrected chi connectivity index (χ1v) is 6.22. The first-order chi connectivity index (χ1) is 9.08. The van der Waals surface area contributed by atoms with Crippen LogP contribution in [0.5, 0.6) is 0 Å². The highest BCUT2D eigenvalue weighted by Crippen LogP contribution is 2.13. The molecule has 0 aliphatic rings. The van der Waals surface area contributed by atoms with Gasteiger partial charge in [0.15, 0.2) is 0 Å². The zero-order valence-corrected chi connectivity index (χ0v) is 11.1.